The monoisotopic (exact) mass is 241 g/mol. The predicted octanol–water partition coefficient (Wildman–Crippen LogP) is 0.829. The van der Waals surface area contributed by atoms with Gasteiger partial charge in [-0.2, -0.15) is 0 Å². The zero-order chi connectivity index (χ0) is 12.7. The zero-order valence-corrected chi connectivity index (χ0v) is 9.82. The Hall–Kier alpha value is -1.36. The Morgan fingerprint density at radius 2 is 2.18 bits per heavy atom. The van der Waals surface area contributed by atoms with Crippen molar-refractivity contribution in [3.05, 3.63) is 11.6 Å². The number of aliphatic hydroxyl groups excluding tert-OH is 1. The summed E-state index contributed by atoms with van der Waals surface area (Å²) in [4.78, 5) is 21.8. The highest BCUT2D eigenvalue weighted by molar-refractivity contribution is 5.78. The Morgan fingerprint density at radius 1 is 1.41 bits per heavy atom. The van der Waals surface area contributed by atoms with Crippen molar-refractivity contribution in [2.75, 3.05) is 6.54 Å². The number of rotatable bonds is 6. The average Bonchev–Trinajstić information content (AvgIpc) is 2.30. The van der Waals surface area contributed by atoms with Gasteiger partial charge < -0.3 is 15.5 Å². The van der Waals surface area contributed by atoms with Gasteiger partial charge in [0.1, 0.15) is 0 Å². The van der Waals surface area contributed by atoms with Crippen molar-refractivity contribution in [1.29, 1.82) is 0 Å². The summed E-state index contributed by atoms with van der Waals surface area (Å²) in [7, 11) is 0. The van der Waals surface area contributed by atoms with Crippen LogP contribution in [0.15, 0.2) is 11.6 Å². The molecule has 0 heterocycles. The van der Waals surface area contributed by atoms with E-state index in [1.54, 1.807) is 0 Å². The number of carboxylic acid groups (broad SMARTS) is 1. The Labute approximate surface area is 101 Å². The van der Waals surface area contributed by atoms with Gasteiger partial charge in [0.2, 0.25) is 5.91 Å². The van der Waals surface area contributed by atoms with E-state index in [0.29, 0.717) is 6.42 Å². The normalized spacial score (nSPS) is 17.1. The van der Waals surface area contributed by atoms with Crippen molar-refractivity contribution in [3.8, 4) is 0 Å². The van der Waals surface area contributed by atoms with Gasteiger partial charge in [0.15, 0.2) is 6.10 Å². The summed E-state index contributed by atoms with van der Waals surface area (Å²) in [5.74, 6) is -1.36. The van der Waals surface area contributed by atoms with Gasteiger partial charge >= 0.3 is 5.97 Å². The van der Waals surface area contributed by atoms with Gasteiger partial charge in [-0.1, -0.05) is 11.6 Å². The van der Waals surface area contributed by atoms with E-state index in [1.807, 2.05) is 0 Å². The number of carbonyl (C=O) groups excluding carboxylic acids is 1. The third kappa shape index (κ3) is 5.49. The molecule has 1 aliphatic rings. The molecule has 1 amide bonds. The molecule has 96 valence electrons. The maximum absolute atomic E-state index is 11.5. The Bertz CT molecular complexity index is 312. The standard InChI is InChI=1S/C12H19NO4/c14-10(12(16)17)6-7-13-11(15)8-9-4-2-1-3-5-9/h4,10,14H,1-3,5-8H2,(H,13,15)(H,16,17). The summed E-state index contributed by atoms with van der Waals surface area (Å²) >= 11 is 0. The minimum Gasteiger partial charge on any atom is -0.479 e. The second kappa shape index (κ2) is 7.06. The van der Waals surface area contributed by atoms with Crippen molar-refractivity contribution in [2.24, 2.45) is 0 Å². The van der Waals surface area contributed by atoms with Crippen LogP contribution in [0.25, 0.3) is 0 Å². The van der Waals surface area contributed by atoms with Gasteiger partial charge in [-0.15, -0.1) is 0 Å². The fraction of sp³-hybridized carbons (Fsp3) is 0.667. The second-order valence-corrected chi connectivity index (χ2v) is 4.28. The molecule has 0 aliphatic heterocycles. The SMILES string of the molecule is O=C(CC1=CCCCC1)NCCC(O)C(=O)O. The fourth-order valence-corrected chi connectivity index (χ4v) is 1.81. The van der Waals surface area contributed by atoms with Crippen LogP contribution < -0.4 is 5.32 Å². The Balaban J connectivity index is 2.17. The molecule has 0 aromatic carbocycles. The summed E-state index contributed by atoms with van der Waals surface area (Å²) in [5.41, 5.74) is 1.16. The first-order valence-corrected chi connectivity index (χ1v) is 5.95. The lowest BCUT2D eigenvalue weighted by molar-refractivity contribution is -0.147. The molecular formula is C12H19NO4. The molecule has 17 heavy (non-hydrogen) atoms. The molecule has 0 bridgehead atoms. The zero-order valence-electron chi connectivity index (χ0n) is 9.82. The topological polar surface area (TPSA) is 86.6 Å². The van der Waals surface area contributed by atoms with Crippen molar-refractivity contribution in [3.63, 3.8) is 0 Å². The van der Waals surface area contributed by atoms with Crippen LogP contribution in [0.5, 0.6) is 0 Å². The van der Waals surface area contributed by atoms with E-state index in [1.165, 1.54) is 6.42 Å². The van der Waals surface area contributed by atoms with Crippen molar-refractivity contribution >= 4 is 11.9 Å². The van der Waals surface area contributed by atoms with Crippen molar-refractivity contribution in [2.45, 2.75) is 44.6 Å². The summed E-state index contributed by atoms with van der Waals surface area (Å²) in [6.07, 6.45) is 5.49. The van der Waals surface area contributed by atoms with E-state index in [-0.39, 0.29) is 18.9 Å². The maximum atomic E-state index is 11.5. The molecule has 0 fully saturated rings. The van der Waals surface area contributed by atoms with Gasteiger partial charge in [-0.05, 0) is 25.7 Å². The van der Waals surface area contributed by atoms with Crippen molar-refractivity contribution < 1.29 is 19.8 Å². The molecule has 5 nitrogen and oxygen atoms in total. The van der Waals surface area contributed by atoms with E-state index in [2.05, 4.69) is 11.4 Å². The number of hydrogen-bond acceptors (Lipinski definition) is 3. The smallest absolute Gasteiger partial charge is 0.332 e. The third-order valence-electron chi connectivity index (χ3n) is 2.80. The number of aliphatic hydroxyl groups is 1. The minimum absolute atomic E-state index is 0.0418. The fourth-order valence-electron chi connectivity index (χ4n) is 1.81. The number of carboxylic acids is 1. The van der Waals surface area contributed by atoms with Gasteiger partial charge in [0.25, 0.3) is 0 Å². The lowest BCUT2D eigenvalue weighted by Gasteiger charge is -2.12. The van der Waals surface area contributed by atoms with Crippen LogP contribution in [0.3, 0.4) is 0 Å². The molecule has 1 rings (SSSR count). The van der Waals surface area contributed by atoms with Crippen molar-refractivity contribution in [1.82, 2.24) is 5.32 Å². The number of carbonyl (C=O) groups is 2. The van der Waals surface area contributed by atoms with Gasteiger partial charge in [-0.3, -0.25) is 4.79 Å². The Kier molecular flexibility index (Phi) is 5.69. The first-order valence-electron chi connectivity index (χ1n) is 5.95. The first-order chi connectivity index (χ1) is 8.09. The van der Waals surface area contributed by atoms with Crippen LogP contribution in [-0.2, 0) is 9.59 Å². The van der Waals surface area contributed by atoms with E-state index in [4.69, 9.17) is 10.2 Å². The van der Waals surface area contributed by atoms with Crippen LogP contribution in [-0.4, -0.2) is 34.7 Å². The highest BCUT2D eigenvalue weighted by Gasteiger charge is 2.13. The molecule has 0 aromatic heterocycles. The van der Waals surface area contributed by atoms with E-state index >= 15 is 0 Å². The third-order valence-corrected chi connectivity index (χ3v) is 2.80. The first kappa shape index (κ1) is 13.7. The highest BCUT2D eigenvalue weighted by atomic mass is 16.4. The number of nitrogens with one attached hydrogen (secondary N) is 1. The van der Waals surface area contributed by atoms with E-state index < -0.39 is 12.1 Å². The molecular weight excluding hydrogens is 222 g/mol. The van der Waals surface area contributed by atoms with E-state index in [9.17, 15) is 9.59 Å². The van der Waals surface area contributed by atoms with Gasteiger partial charge in [-0.25, -0.2) is 4.79 Å². The minimum atomic E-state index is -1.40. The molecule has 0 spiro atoms. The highest BCUT2D eigenvalue weighted by Crippen LogP contribution is 2.19. The summed E-state index contributed by atoms with van der Waals surface area (Å²) in [5, 5.41) is 20.0. The molecule has 0 radical (unpaired) electrons. The summed E-state index contributed by atoms with van der Waals surface area (Å²) < 4.78 is 0. The maximum Gasteiger partial charge on any atom is 0.332 e. The number of aliphatic carboxylic acids is 1. The number of hydrogen-bond donors (Lipinski definition) is 3. The predicted molar refractivity (Wildman–Crippen MR) is 62.4 cm³/mol. The average molecular weight is 241 g/mol. The van der Waals surface area contributed by atoms with Crippen LogP contribution in [0.4, 0.5) is 0 Å². The number of amides is 1. The summed E-state index contributed by atoms with van der Waals surface area (Å²) in [6, 6.07) is 0. The lowest BCUT2D eigenvalue weighted by Crippen LogP contribution is -2.30. The molecule has 0 saturated heterocycles. The number of allylic oxidation sites excluding steroid dienone is 1. The lowest BCUT2D eigenvalue weighted by atomic mass is 9.97. The van der Waals surface area contributed by atoms with Gasteiger partial charge in [0.05, 0.1) is 0 Å². The Morgan fingerprint density at radius 3 is 2.76 bits per heavy atom. The van der Waals surface area contributed by atoms with E-state index in [0.717, 1.165) is 24.8 Å². The van der Waals surface area contributed by atoms with Gasteiger partial charge in [0, 0.05) is 19.4 Å². The summed E-state index contributed by atoms with van der Waals surface area (Å²) in [6.45, 7) is 0.194. The molecule has 1 aliphatic carbocycles. The second-order valence-electron chi connectivity index (χ2n) is 4.28. The van der Waals surface area contributed by atoms with Crippen LogP contribution in [0.2, 0.25) is 0 Å². The molecule has 1 atom stereocenters. The quantitative estimate of drug-likeness (QED) is 0.601. The van der Waals surface area contributed by atoms with Crippen LogP contribution >= 0.6 is 0 Å². The largest absolute Gasteiger partial charge is 0.479 e. The van der Waals surface area contributed by atoms with Crippen LogP contribution in [0, 0.1) is 0 Å². The molecule has 3 N–H and O–H groups in total. The molecule has 5 heteroatoms. The molecule has 1 unspecified atom stereocenters. The molecule has 0 aromatic rings. The molecule has 0 saturated carbocycles. The van der Waals surface area contributed by atoms with Crippen LogP contribution in [0.1, 0.15) is 38.5 Å².